The van der Waals surface area contributed by atoms with E-state index < -0.39 is 15.8 Å². The second-order valence-corrected chi connectivity index (χ2v) is 6.83. The lowest BCUT2D eigenvalue weighted by molar-refractivity contribution is 0.601. The van der Waals surface area contributed by atoms with Gasteiger partial charge in [-0.1, -0.05) is 11.6 Å². The molecule has 0 atom stereocenters. The van der Waals surface area contributed by atoms with Crippen LogP contribution in [-0.2, 0) is 10.0 Å². The third-order valence-corrected chi connectivity index (χ3v) is 4.96. The van der Waals surface area contributed by atoms with Crippen molar-refractivity contribution in [3.63, 3.8) is 0 Å². The molecule has 0 spiro atoms. The quantitative estimate of drug-likeness (QED) is 0.800. The second-order valence-electron chi connectivity index (χ2n) is 3.92. The summed E-state index contributed by atoms with van der Waals surface area (Å²) in [6, 6.07) is 7.70. The summed E-state index contributed by atoms with van der Waals surface area (Å²) in [6.45, 7) is 0. The highest BCUT2D eigenvalue weighted by Crippen LogP contribution is 2.29. The van der Waals surface area contributed by atoms with Crippen LogP contribution < -0.4 is 10.5 Å². The van der Waals surface area contributed by atoms with Crippen molar-refractivity contribution in [2.45, 2.75) is 4.90 Å². The molecule has 0 saturated carbocycles. The summed E-state index contributed by atoms with van der Waals surface area (Å²) in [5.41, 5.74) is 5.94. The monoisotopic (exact) mass is 378 g/mol. The third-order valence-electron chi connectivity index (χ3n) is 2.42. The fourth-order valence-electron chi connectivity index (χ4n) is 1.51. The number of benzene rings is 2. The van der Waals surface area contributed by atoms with Crippen LogP contribution in [0.25, 0.3) is 0 Å². The van der Waals surface area contributed by atoms with Crippen molar-refractivity contribution in [1.82, 2.24) is 0 Å². The molecule has 0 amide bonds. The van der Waals surface area contributed by atoms with E-state index in [-0.39, 0.29) is 15.6 Å². The number of hydrogen-bond donors (Lipinski definition) is 2. The van der Waals surface area contributed by atoms with Crippen molar-refractivity contribution in [1.29, 1.82) is 0 Å². The molecule has 8 heteroatoms. The molecule has 2 aromatic rings. The van der Waals surface area contributed by atoms with Gasteiger partial charge < -0.3 is 5.73 Å². The largest absolute Gasteiger partial charge is 0.399 e. The van der Waals surface area contributed by atoms with Gasteiger partial charge in [-0.05, 0) is 52.3 Å². The Morgan fingerprint density at radius 2 is 1.90 bits per heavy atom. The van der Waals surface area contributed by atoms with E-state index in [2.05, 4.69) is 20.7 Å². The highest BCUT2D eigenvalue weighted by molar-refractivity contribution is 9.10. The summed E-state index contributed by atoms with van der Waals surface area (Å²) in [7, 11) is -3.93. The van der Waals surface area contributed by atoms with Gasteiger partial charge in [0.05, 0.1) is 10.7 Å². The molecule has 0 bridgehead atoms. The van der Waals surface area contributed by atoms with Crippen LogP contribution in [-0.4, -0.2) is 8.42 Å². The van der Waals surface area contributed by atoms with Gasteiger partial charge in [-0.2, -0.15) is 0 Å². The molecule has 0 heterocycles. The molecule has 106 valence electrons. The Kier molecular flexibility index (Phi) is 4.22. The minimum absolute atomic E-state index is 0.00924. The first kappa shape index (κ1) is 15.1. The van der Waals surface area contributed by atoms with E-state index in [1.807, 2.05) is 0 Å². The fourth-order valence-corrected chi connectivity index (χ4v) is 3.61. The summed E-state index contributed by atoms with van der Waals surface area (Å²) >= 11 is 9.01. The molecule has 2 aromatic carbocycles. The number of anilines is 2. The predicted octanol–water partition coefficient (Wildman–Crippen LogP) is 3.62. The van der Waals surface area contributed by atoms with E-state index in [0.29, 0.717) is 10.2 Å². The van der Waals surface area contributed by atoms with Gasteiger partial charge in [0.2, 0.25) is 0 Å². The van der Waals surface area contributed by atoms with E-state index in [9.17, 15) is 12.8 Å². The maximum atomic E-state index is 13.2. The lowest BCUT2D eigenvalue weighted by Gasteiger charge is -2.11. The molecular formula is C12H9BrClFN2O2S. The molecule has 0 aliphatic carbocycles. The minimum atomic E-state index is -3.93. The van der Waals surface area contributed by atoms with Crippen molar-refractivity contribution in [2.75, 3.05) is 10.5 Å². The van der Waals surface area contributed by atoms with Crippen LogP contribution in [0.4, 0.5) is 15.8 Å². The van der Waals surface area contributed by atoms with Crippen molar-refractivity contribution in [3.8, 4) is 0 Å². The topological polar surface area (TPSA) is 72.2 Å². The first-order valence-electron chi connectivity index (χ1n) is 5.32. The Bertz CT molecular complexity index is 768. The Hall–Kier alpha value is -1.31. The smallest absolute Gasteiger partial charge is 0.263 e. The molecule has 0 aliphatic rings. The normalized spacial score (nSPS) is 11.3. The van der Waals surface area contributed by atoms with E-state index in [1.165, 1.54) is 30.3 Å². The maximum absolute atomic E-state index is 13.2. The zero-order chi connectivity index (χ0) is 14.9. The zero-order valence-corrected chi connectivity index (χ0v) is 13.1. The van der Waals surface area contributed by atoms with Gasteiger partial charge >= 0.3 is 0 Å². The molecule has 0 aromatic heterocycles. The summed E-state index contributed by atoms with van der Waals surface area (Å²) < 4.78 is 40.3. The van der Waals surface area contributed by atoms with Crippen LogP contribution in [0.2, 0.25) is 5.02 Å². The molecule has 0 radical (unpaired) electrons. The van der Waals surface area contributed by atoms with Gasteiger partial charge in [-0.15, -0.1) is 0 Å². The SMILES string of the molecule is Nc1ccc(S(=O)(=O)Nc2cc(F)ccc2Br)c(Cl)c1. The molecule has 0 saturated heterocycles. The second kappa shape index (κ2) is 5.59. The molecule has 0 unspecified atom stereocenters. The fraction of sp³-hybridized carbons (Fsp3) is 0. The summed E-state index contributed by atoms with van der Waals surface area (Å²) in [5.74, 6) is -0.561. The average molecular weight is 380 g/mol. The van der Waals surface area contributed by atoms with Crippen LogP contribution in [0.15, 0.2) is 45.8 Å². The lowest BCUT2D eigenvalue weighted by atomic mass is 10.3. The number of nitrogen functional groups attached to an aromatic ring is 1. The van der Waals surface area contributed by atoms with Gasteiger partial charge in [-0.25, -0.2) is 12.8 Å². The standard InChI is InChI=1S/C12H9BrClFN2O2S/c13-9-3-1-7(15)5-11(9)17-20(18,19)12-4-2-8(16)6-10(12)14/h1-6,17H,16H2. The van der Waals surface area contributed by atoms with Gasteiger partial charge in [-0.3, -0.25) is 4.72 Å². The van der Waals surface area contributed by atoms with Crippen LogP contribution in [0.5, 0.6) is 0 Å². The van der Waals surface area contributed by atoms with Crippen LogP contribution in [0.1, 0.15) is 0 Å². The molecule has 4 nitrogen and oxygen atoms in total. The highest BCUT2D eigenvalue weighted by atomic mass is 79.9. The Morgan fingerprint density at radius 1 is 1.20 bits per heavy atom. The molecule has 0 aliphatic heterocycles. The number of sulfonamides is 1. The number of nitrogens with two attached hydrogens (primary N) is 1. The number of nitrogens with one attached hydrogen (secondary N) is 1. The predicted molar refractivity (Wildman–Crippen MR) is 80.8 cm³/mol. The van der Waals surface area contributed by atoms with Crippen molar-refractivity contribution < 1.29 is 12.8 Å². The van der Waals surface area contributed by atoms with Crippen LogP contribution >= 0.6 is 27.5 Å². The summed E-state index contributed by atoms with van der Waals surface area (Å²) in [4.78, 5) is -0.135. The Labute approximate surface area is 128 Å². The van der Waals surface area contributed by atoms with Crippen LogP contribution in [0, 0.1) is 5.82 Å². The van der Waals surface area contributed by atoms with E-state index in [1.54, 1.807) is 0 Å². The van der Waals surface area contributed by atoms with Crippen molar-refractivity contribution in [3.05, 3.63) is 51.7 Å². The third kappa shape index (κ3) is 3.23. The lowest BCUT2D eigenvalue weighted by Crippen LogP contribution is -2.14. The van der Waals surface area contributed by atoms with Crippen molar-refractivity contribution >= 4 is 48.9 Å². The molecule has 2 rings (SSSR count). The molecule has 0 fully saturated rings. The minimum Gasteiger partial charge on any atom is -0.399 e. The average Bonchev–Trinajstić information content (AvgIpc) is 2.33. The van der Waals surface area contributed by atoms with Gasteiger partial charge in [0, 0.05) is 10.2 Å². The maximum Gasteiger partial charge on any atom is 0.263 e. The van der Waals surface area contributed by atoms with Gasteiger partial charge in [0.15, 0.2) is 0 Å². The Balaban J connectivity index is 2.43. The first-order valence-corrected chi connectivity index (χ1v) is 7.98. The van der Waals surface area contributed by atoms with Crippen LogP contribution in [0.3, 0.4) is 0 Å². The Morgan fingerprint density at radius 3 is 2.55 bits per heavy atom. The van der Waals surface area contributed by atoms with Gasteiger partial charge in [0.25, 0.3) is 10.0 Å². The highest BCUT2D eigenvalue weighted by Gasteiger charge is 2.19. The van der Waals surface area contributed by atoms with Crippen molar-refractivity contribution in [2.24, 2.45) is 0 Å². The van der Waals surface area contributed by atoms with E-state index in [4.69, 9.17) is 17.3 Å². The molecular weight excluding hydrogens is 371 g/mol. The zero-order valence-electron chi connectivity index (χ0n) is 9.90. The molecule has 3 N–H and O–H groups in total. The first-order chi connectivity index (χ1) is 9.29. The van der Waals surface area contributed by atoms with Gasteiger partial charge in [0.1, 0.15) is 10.7 Å². The van der Waals surface area contributed by atoms with E-state index >= 15 is 0 Å². The molecule has 20 heavy (non-hydrogen) atoms. The van der Waals surface area contributed by atoms with E-state index in [0.717, 1.165) is 6.07 Å². The summed E-state index contributed by atoms with van der Waals surface area (Å²) in [6.07, 6.45) is 0. The number of hydrogen-bond acceptors (Lipinski definition) is 3. The number of halogens is 3. The number of rotatable bonds is 3. The summed E-state index contributed by atoms with van der Waals surface area (Å²) in [5, 5.41) is -0.00924.